The smallest absolute Gasteiger partial charge is 0.00264 e. The summed E-state index contributed by atoms with van der Waals surface area (Å²) in [5.74, 6) is 0. The first-order chi connectivity index (χ1) is 19.9. The summed E-state index contributed by atoms with van der Waals surface area (Å²) in [7, 11) is 0. The van der Waals surface area contributed by atoms with E-state index in [1.165, 1.54) is 76.5 Å². The minimum absolute atomic E-state index is 1.24. The van der Waals surface area contributed by atoms with Gasteiger partial charge in [-0.2, -0.15) is 0 Å². The van der Waals surface area contributed by atoms with E-state index < -0.39 is 0 Å². The van der Waals surface area contributed by atoms with Gasteiger partial charge in [-0.1, -0.05) is 158 Å². The van der Waals surface area contributed by atoms with Crippen LogP contribution in [-0.4, -0.2) is 0 Å². The molecule has 0 spiro atoms. The first-order valence-electron chi connectivity index (χ1n) is 13.9. The van der Waals surface area contributed by atoms with Gasteiger partial charge in [0.2, 0.25) is 0 Å². The molecule has 8 aromatic carbocycles. The van der Waals surface area contributed by atoms with Gasteiger partial charge in [0.1, 0.15) is 0 Å². The lowest BCUT2D eigenvalue weighted by molar-refractivity contribution is 1.63. The van der Waals surface area contributed by atoms with Gasteiger partial charge in [0, 0.05) is 0 Å². The predicted octanol–water partition coefficient (Wildman–Crippen LogP) is 11.3. The fourth-order valence-electron chi connectivity index (χ4n) is 6.46. The van der Waals surface area contributed by atoms with Crippen LogP contribution in [0.25, 0.3) is 76.5 Å². The number of hydrogen-bond donors (Lipinski definition) is 0. The highest BCUT2D eigenvalue weighted by atomic mass is 14.2. The highest BCUT2D eigenvalue weighted by Crippen LogP contribution is 2.44. The summed E-state index contributed by atoms with van der Waals surface area (Å²) >= 11 is 0. The summed E-state index contributed by atoms with van der Waals surface area (Å²) in [6.07, 6.45) is 0. The molecule has 8 aromatic rings. The molecule has 0 unspecified atom stereocenters. The van der Waals surface area contributed by atoms with Crippen molar-refractivity contribution in [2.75, 3.05) is 0 Å². The molecule has 0 heterocycles. The Balaban J connectivity index is 1.34. The molecule has 0 aromatic heterocycles. The molecular formula is C40H26. The van der Waals surface area contributed by atoms with Crippen LogP contribution < -0.4 is 0 Å². The molecule has 8 rings (SSSR count). The molecule has 0 amide bonds. The third-order valence-electron chi connectivity index (χ3n) is 8.27. The van der Waals surface area contributed by atoms with Crippen molar-refractivity contribution in [3.05, 3.63) is 158 Å². The lowest BCUT2D eigenvalue weighted by Gasteiger charge is -2.18. The van der Waals surface area contributed by atoms with Gasteiger partial charge < -0.3 is 0 Å². The normalized spacial score (nSPS) is 11.5. The Labute approximate surface area is 233 Å². The molecule has 0 aliphatic heterocycles. The third-order valence-corrected chi connectivity index (χ3v) is 8.27. The van der Waals surface area contributed by atoms with E-state index >= 15 is 0 Å². The molecule has 0 aliphatic rings. The monoisotopic (exact) mass is 506 g/mol. The molecule has 0 bridgehead atoms. The van der Waals surface area contributed by atoms with Crippen LogP contribution in [0.3, 0.4) is 0 Å². The molecule has 0 N–H and O–H groups in total. The summed E-state index contributed by atoms with van der Waals surface area (Å²) in [5, 5.41) is 10.3. The first kappa shape index (κ1) is 22.8. The van der Waals surface area contributed by atoms with Crippen LogP contribution >= 0.6 is 0 Å². The second kappa shape index (κ2) is 9.22. The van der Waals surface area contributed by atoms with Crippen molar-refractivity contribution in [2.24, 2.45) is 0 Å². The number of benzene rings is 8. The number of rotatable bonds is 3. The Bertz CT molecular complexity index is 2130. The van der Waals surface area contributed by atoms with Crippen molar-refractivity contribution in [1.82, 2.24) is 0 Å². The topological polar surface area (TPSA) is 0 Å². The Morgan fingerprint density at radius 2 is 0.700 bits per heavy atom. The van der Waals surface area contributed by atoms with E-state index in [1.807, 2.05) is 0 Å². The summed E-state index contributed by atoms with van der Waals surface area (Å²) in [5.41, 5.74) is 7.58. The van der Waals surface area contributed by atoms with Crippen LogP contribution in [0.2, 0.25) is 0 Å². The van der Waals surface area contributed by atoms with Crippen LogP contribution in [0.1, 0.15) is 0 Å². The fourth-order valence-corrected chi connectivity index (χ4v) is 6.46. The molecule has 0 saturated carbocycles. The maximum absolute atomic E-state index is 2.30. The van der Waals surface area contributed by atoms with Crippen molar-refractivity contribution in [3.8, 4) is 33.4 Å². The molecule has 0 nitrogen and oxygen atoms in total. The Kier molecular flexibility index (Phi) is 5.24. The van der Waals surface area contributed by atoms with Crippen molar-refractivity contribution in [3.63, 3.8) is 0 Å². The highest BCUT2D eigenvalue weighted by molar-refractivity contribution is 6.21. The second-order valence-corrected chi connectivity index (χ2v) is 10.5. The molecule has 0 heteroatoms. The quantitative estimate of drug-likeness (QED) is 0.165. The number of fused-ring (bicyclic) bond motifs is 5. The van der Waals surface area contributed by atoms with Crippen molar-refractivity contribution >= 4 is 43.1 Å². The van der Waals surface area contributed by atoms with E-state index in [2.05, 4.69) is 158 Å². The van der Waals surface area contributed by atoms with Gasteiger partial charge in [-0.15, -0.1) is 0 Å². The molecule has 0 aliphatic carbocycles. The molecule has 0 radical (unpaired) electrons. The van der Waals surface area contributed by atoms with Crippen molar-refractivity contribution in [1.29, 1.82) is 0 Å². The van der Waals surface area contributed by atoms with E-state index in [9.17, 15) is 0 Å². The van der Waals surface area contributed by atoms with Crippen LogP contribution in [0, 0.1) is 0 Å². The van der Waals surface area contributed by atoms with Crippen molar-refractivity contribution in [2.45, 2.75) is 0 Å². The Morgan fingerprint density at radius 3 is 1.32 bits per heavy atom. The average molecular weight is 507 g/mol. The summed E-state index contributed by atoms with van der Waals surface area (Å²) in [4.78, 5) is 0. The minimum Gasteiger partial charge on any atom is -0.0622 e. The highest BCUT2D eigenvalue weighted by Gasteiger charge is 2.16. The molecule has 0 atom stereocenters. The lowest BCUT2D eigenvalue weighted by Crippen LogP contribution is -1.91. The van der Waals surface area contributed by atoms with Gasteiger partial charge >= 0.3 is 0 Å². The van der Waals surface area contributed by atoms with Crippen LogP contribution in [-0.2, 0) is 0 Å². The number of hydrogen-bond acceptors (Lipinski definition) is 0. The Morgan fingerprint density at radius 1 is 0.225 bits per heavy atom. The lowest BCUT2D eigenvalue weighted by atomic mass is 9.85. The maximum Gasteiger partial charge on any atom is -0.00264 e. The largest absolute Gasteiger partial charge is 0.0622 e. The zero-order chi connectivity index (χ0) is 26.5. The van der Waals surface area contributed by atoms with Crippen LogP contribution in [0.5, 0.6) is 0 Å². The average Bonchev–Trinajstić information content (AvgIpc) is 3.03. The maximum atomic E-state index is 2.30. The fraction of sp³-hybridized carbons (Fsp3) is 0. The van der Waals surface area contributed by atoms with Gasteiger partial charge in [0.05, 0.1) is 0 Å². The SMILES string of the molecule is c1ccc(-c2c3ccccc3c(-c3ccc(-c4cccc5c4ccc4ccccc45)cc3)c3ccccc23)cc1. The molecule has 186 valence electrons. The predicted molar refractivity (Wildman–Crippen MR) is 173 cm³/mol. The van der Waals surface area contributed by atoms with Crippen LogP contribution in [0.4, 0.5) is 0 Å². The molecular weight excluding hydrogens is 480 g/mol. The Hall–Kier alpha value is -5.20. The van der Waals surface area contributed by atoms with Crippen molar-refractivity contribution < 1.29 is 0 Å². The zero-order valence-corrected chi connectivity index (χ0v) is 22.0. The summed E-state index contributed by atoms with van der Waals surface area (Å²) in [6, 6.07) is 57.4. The van der Waals surface area contributed by atoms with Gasteiger partial charge in [0.15, 0.2) is 0 Å². The summed E-state index contributed by atoms with van der Waals surface area (Å²) < 4.78 is 0. The summed E-state index contributed by atoms with van der Waals surface area (Å²) in [6.45, 7) is 0. The van der Waals surface area contributed by atoms with E-state index in [0.717, 1.165) is 0 Å². The van der Waals surface area contributed by atoms with Gasteiger partial charge in [-0.05, 0) is 76.5 Å². The standard InChI is InChI=1S/C40H26/c1-2-12-29(13-3-1)39-35-15-6-8-17-37(35)40(38-18-9-7-16-36(38)39)30-23-21-28(22-24-30)32-19-10-20-33-31-14-5-4-11-27(31)25-26-34(32)33/h1-26H. The molecule has 40 heavy (non-hydrogen) atoms. The van der Waals surface area contributed by atoms with Gasteiger partial charge in [0.25, 0.3) is 0 Å². The van der Waals surface area contributed by atoms with Gasteiger partial charge in [-0.3, -0.25) is 0 Å². The minimum atomic E-state index is 1.24. The van der Waals surface area contributed by atoms with Crippen LogP contribution in [0.15, 0.2) is 158 Å². The third kappa shape index (κ3) is 3.54. The van der Waals surface area contributed by atoms with E-state index in [-0.39, 0.29) is 0 Å². The molecule has 0 fully saturated rings. The second-order valence-electron chi connectivity index (χ2n) is 10.5. The molecule has 0 saturated heterocycles. The van der Waals surface area contributed by atoms with Gasteiger partial charge in [-0.25, -0.2) is 0 Å². The van der Waals surface area contributed by atoms with E-state index in [1.54, 1.807) is 0 Å². The van der Waals surface area contributed by atoms with E-state index in [4.69, 9.17) is 0 Å². The zero-order valence-electron chi connectivity index (χ0n) is 22.0. The first-order valence-corrected chi connectivity index (χ1v) is 13.9. The van der Waals surface area contributed by atoms with E-state index in [0.29, 0.717) is 0 Å².